The van der Waals surface area contributed by atoms with Gasteiger partial charge in [0.25, 0.3) is 0 Å². The number of carbonyl (C=O) groups excluding carboxylic acids is 1. The van der Waals surface area contributed by atoms with Crippen molar-refractivity contribution in [2.24, 2.45) is 0 Å². The summed E-state index contributed by atoms with van der Waals surface area (Å²) < 4.78 is 0. The predicted molar refractivity (Wildman–Crippen MR) is 94.2 cm³/mol. The van der Waals surface area contributed by atoms with Crippen LogP contribution in [-0.2, 0) is 11.2 Å². The van der Waals surface area contributed by atoms with E-state index in [2.05, 4.69) is 31.0 Å². The van der Waals surface area contributed by atoms with Gasteiger partial charge in [-0.3, -0.25) is 9.69 Å². The van der Waals surface area contributed by atoms with Gasteiger partial charge >= 0.3 is 5.97 Å². The van der Waals surface area contributed by atoms with Crippen molar-refractivity contribution in [1.29, 1.82) is 0 Å². The fourth-order valence-electron chi connectivity index (χ4n) is 3.07. The number of carbonyl (C=O) groups is 2. The van der Waals surface area contributed by atoms with E-state index >= 15 is 0 Å². The number of piperidine rings is 1. The molecule has 132 valence electrons. The number of hydrogen-bond acceptors (Lipinski definition) is 3. The highest BCUT2D eigenvalue weighted by molar-refractivity contribution is 5.87. The van der Waals surface area contributed by atoms with Crippen molar-refractivity contribution >= 4 is 11.9 Å². The molecule has 0 radical (unpaired) electrons. The molecule has 1 aliphatic heterocycles. The van der Waals surface area contributed by atoms with E-state index < -0.39 is 5.97 Å². The SMILES string of the molecule is CC(C)(C)N1CCC(NC(=O)CCc2ccc(C(=O)O)cc2)CC1. The third-order valence-corrected chi connectivity index (χ3v) is 4.65. The zero-order chi connectivity index (χ0) is 17.7. The molecule has 0 spiro atoms. The summed E-state index contributed by atoms with van der Waals surface area (Å²) in [4.78, 5) is 25.4. The zero-order valence-corrected chi connectivity index (χ0v) is 14.8. The van der Waals surface area contributed by atoms with E-state index in [9.17, 15) is 9.59 Å². The quantitative estimate of drug-likeness (QED) is 0.870. The molecule has 0 aliphatic carbocycles. The van der Waals surface area contributed by atoms with Gasteiger partial charge in [-0.25, -0.2) is 4.79 Å². The van der Waals surface area contributed by atoms with Gasteiger partial charge in [0.2, 0.25) is 5.91 Å². The zero-order valence-electron chi connectivity index (χ0n) is 14.8. The molecule has 1 saturated heterocycles. The third kappa shape index (κ3) is 5.34. The van der Waals surface area contributed by atoms with Gasteiger partial charge in [0.15, 0.2) is 0 Å². The first kappa shape index (κ1) is 18.5. The molecular formula is C19H28N2O3. The molecular weight excluding hydrogens is 304 g/mol. The van der Waals surface area contributed by atoms with Crippen molar-refractivity contribution in [2.75, 3.05) is 13.1 Å². The summed E-state index contributed by atoms with van der Waals surface area (Å²) in [5, 5.41) is 12.0. The molecule has 24 heavy (non-hydrogen) atoms. The van der Waals surface area contributed by atoms with Crippen LogP contribution >= 0.6 is 0 Å². The minimum absolute atomic E-state index is 0.0755. The number of hydrogen-bond donors (Lipinski definition) is 2. The monoisotopic (exact) mass is 332 g/mol. The van der Waals surface area contributed by atoms with Crippen molar-refractivity contribution in [3.63, 3.8) is 0 Å². The molecule has 1 heterocycles. The van der Waals surface area contributed by atoms with Gasteiger partial charge in [0.1, 0.15) is 0 Å². The molecule has 1 fully saturated rings. The molecule has 5 nitrogen and oxygen atoms in total. The first-order chi connectivity index (χ1) is 11.3. The van der Waals surface area contributed by atoms with E-state index in [4.69, 9.17) is 5.11 Å². The van der Waals surface area contributed by atoms with Gasteiger partial charge in [0, 0.05) is 31.1 Å². The van der Waals surface area contributed by atoms with E-state index in [0.717, 1.165) is 31.5 Å². The summed E-state index contributed by atoms with van der Waals surface area (Å²) in [5.41, 5.74) is 1.45. The second-order valence-electron chi connectivity index (χ2n) is 7.50. The van der Waals surface area contributed by atoms with Gasteiger partial charge < -0.3 is 10.4 Å². The summed E-state index contributed by atoms with van der Waals surface area (Å²) in [7, 11) is 0. The second kappa shape index (κ2) is 7.79. The third-order valence-electron chi connectivity index (χ3n) is 4.65. The molecule has 2 N–H and O–H groups in total. The highest BCUT2D eigenvalue weighted by atomic mass is 16.4. The lowest BCUT2D eigenvalue weighted by atomic mass is 9.98. The van der Waals surface area contributed by atoms with Crippen LogP contribution in [0.3, 0.4) is 0 Å². The van der Waals surface area contributed by atoms with Crippen molar-refractivity contribution in [1.82, 2.24) is 10.2 Å². The number of likely N-dealkylation sites (tertiary alicyclic amines) is 1. The van der Waals surface area contributed by atoms with Crippen LogP contribution in [0.1, 0.15) is 56.0 Å². The predicted octanol–water partition coefficient (Wildman–Crippen LogP) is 2.70. The fraction of sp³-hybridized carbons (Fsp3) is 0.579. The number of carboxylic acids is 1. The van der Waals surface area contributed by atoms with Crippen LogP contribution in [0.5, 0.6) is 0 Å². The van der Waals surface area contributed by atoms with Crippen LogP contribution in [0.4, 0.5) is 0 Å². The van der Waals surface area contributed by atoms with Crippen molar-refractivity contribution in [2.45, 2.75) is 58.0 Å². The van der Waals surface area contributed by atoms with E-state index in [1.165, 1.54) is 0 Å². The van der Waals surface area contributed by atoms with Crippen LogP contribution in [0.15, 0.2) is 24.3 Å². The lowest BCUT2D eigenvalue weighted by Gasteiger charge is -2.41. The molecule has 5 heteroatoms. The van der Waals surface area contributed by atoms with E-state index in [0.29, 0.717) is 12.8 Å². The van der Waals surface area contributed by atoms with Crippen molar-refractivity contribution in [3.8, 4) is 0 Å². The maximum Gasteiger partial charge on any atom is 0.335 e. The Labute approximate surface area is 144 Å². The Hall–Kier alpha value is -1.88. The smallest absolute Gasteiger partial charge is 0.335 e. The first-order valence-electron chi connectivity index (χ1n) is 8.62. The first-order valence-corrected chi connectivity index (χ1v) is 8.62. The summed E-state index contributed by atoms with van der Waals surface area (Å²) in [6, 6.07) is 6.98. The van der Waals surface area contributed by atoms with E-state index in [1.807, 2.05) is 0 Å². The molecule has 1 aliphatic rings. The molecule has 0 bridgehead atoms. The van der Waals surface area contributed by atoms with Gasteiger partial charge in [-0.2, -0.15) is 0 Å². The fourth-order valence-corrected chi connectivity index (χ4v) is 3.07. The maximum absolute atomic E-state index is 12.1. The molecule has 0 atom stereocenters. The molecule has 0 saturated carbocycles. The Kier molecular flexibility index (Phi) is 5.99. The maximum atomic E-state index is 12.1. The van der Waals surface area contributed by atoms with Crippen LogP contribution in [0, 0.1) is 0 Å². The number of benzene rings is 1. The van der Waals surface area contributed by atoms with Crippen LogP contribution < -0.4 is 5.32 Å². The van der Waals surface area contributed by atoms with Crippen molar-refractivity contribution < 1.29 is 14.7 Å². The number of rotatable bonds is 5. The van der Waals surface area contributed by atoms with Crippen LogP contribution in [0.2, 0.25) is 0 Å². The minimum Gasteiger partial charge on any atom is -0.478 e. The van der Waals surface area contributed by atoms with Crippen molar-refractivity contribution in [3.05, 3.63) is 35.4 Å². The van der Waals surface area contributed by atoms with Gasteiger partial charge in [-0.05, 0) is 57.7 Å². The number of amides is 1. The largest absolute Gasteiger partial charge is 0.478 e. The number of nitrogens with zero attached hydrogens (tertiary/aromatic N) is 1. The Morgan fingerprint density at radius 3 is 2.25 bits per heavy atom. The molecule has 0 unspecified atom stereocenters. The second-order valence-corrected chi connectivity index (χ2v) is 7.50. The van der Waals surface area contributed by atoms with Gasteiger partial charge in [-0.15, -0.1) is 0 Å². The van der Waals surface area contributed by atoms with Gasteiger partial charge in [-0.1, -0.05) is 12.1 Å². The molecule has 1 aromatic rings. The Bertz CT molecular complexity index is 567. The lowest BCUT2D eigenvalue weighted by Crippen LogP contribution is -2.50. The number of nitrogens with one attached hydrogen (secondary N) is 1. The summed E-state index contributed by atoms with van der Waals surface area (Å²) in [5.74, 6) is -0.854. The Balaban J connectivity index is 1.73. The average Bonchev–Trinajstić information content (AvgIpc) is 2.53. The Morgan fingerprint density at radius 1 is 1.17 bits per heavy atom. The number of carboxylic acid groups (broad SMARTS) is 1. The van der Waals surface area contributed by atoms with Crippen LogP contribution in [0.25, 0.3) is 0 Å². The summed E-state index contributed by atoms with van der Waals surface area (Å²) >= 11 is 0. The Morgan fingerprint density at radius 2 is 1.75 bits per heavy atom. The number of aromatic carboxylic acids is 1. The molecule has 1 aromatic carbocycles. The molecule has 0 aromatic heterocycles. The van der Waals surface area contributed by atoms with Crippen LogP contribution in [-0.4, -0.2) is 46.6 Å². The topological polar surface area (TPSA) is 69.6 Å². The minimum atomic E-state index is -0.930. The highest BCUT2D eigenvalue weighted by Gasteiger charge is 2.27. The normalized spacial score (nSPS) is 16.8. The average molecular weight is 332 g/mol. The highest BCUT2D eigenvalue weighted by Crippen LogP contribution is 2.20. The standard InChI is InChI=1S/C19H28N2O3/c1-19(2,3)21-12-10-16(11-13-21)20-17(22)9-6-14-4-7-15(8-5-14)18(23)24/h4-5,7-8,16H,6,9-13H2,1-3H3,(H,20,22)(H,23,24). The van der Waals surface area contributed by atoms with Gasteiger partial charge in [0.05, 0.1) is 5.56 Å². The molecule has 1 amide bonds. The summed E-state index contributed by atoms with van der Waals surface area (Å²) in [6.07, 6.45) is 3.06. The molecule has 2 rings (SSSR count). The lowest BCUT2D eigenvalue weighted by molar-refractivity contribution is -0.122. The number of aryl methyl sites for hydroxylation is 1. The van der Waals surface area contributed by atoms with E-state index in [-0.39, 0.29) is 23.1 Å². The van der Waals surface area contributed by atoms with E-state index in [1.54, 1.807) is 24.3 Å². The summed E-state index contributed by atoms with van der Waals surface area (Å²) in [6.45, 7) is 8.71.